The van der Waals surface area contributed by atoms with Gasteiger partial charge in [-0.15, -0.1) is 0 Å². The first kappa shape index (κ1) is 14.8. The first-order valence-electron chi connectivity index (χ1n) is 6.61. The van der Waals surface area contributed by atoms with Crippen LogP contribution in [0.5, 0.6) is 5.75 Å². The number of aryl methyl sites for hydroxylation is 1. The number of anilines is 2. The van der Waals surface area contributed by atoms with Gasteiger partial charge in [-0.25, -0.2) is 4.39 Å². The van der Waals surface area contributed by atoms with Crippen LogP contribution in [0.15, 0.2) is 36.4 Å². The number of nitrogens with one attached hydrogen (secondary N) is 1. The Balaban J connectivity index is 2.34. The third-order valence-electron chi connectivity index (χ3n) is 3.03. The third-order valence-corrected chi connectivity index (χ3v) is 3.03. The highest BCUT2D eigenvalue weighted by atomic mass is 19.1. The molecule has 1 amide bonds. The van der Waals surface area contributed by atoms with E-state index < -0.39 is 11.7 Å². The maximum absolute atomic E-state index is 13.3. The van der Waals surface area contributed by atoms with Crippen LogP contribution in [0.25, 0.3) is 0 Å². The van der Waals surface area contributed by atoms with E-state index >= 15 is 0 Å². The van der Waals surface area contributed by atoms with Gasteiger partial charge >= 0.3 is 0 Å². The van der Waals surface area contributed by atoms with Gasteiger partial charge in [0.1, 0.15) is 17.1 Å². The lowest BCUT2D eigenvalue weighted by Gasteiger charge is -2.14. The summed E-state index contributed by atoms with van der Waals surface area (Å²) in [5.41, 5.74) is 7.59. The second-order valence-corrected chi connectivity index (χ2v) is 4.57. The van der Waals surface area contributed by atoms with E-state index in [1.54, 1.807) is 31.2 Å². The van der Waals surface area contributed by atoms with E-state index in [1.165, 1.54) is 12.1 Å². The molecule has 0 spiro atoms. The van der Waals surface area contributed by atoms with E-state index in [0.717, 1.165) is 5.56 Å². The molecule has 3 N–H and O–H groups in total. The van der Waals surface area contributed by atoms with Crippen LogP contribution >= 0.6 is 0 Å². The molecule has 0 aliphatic carbocycles. The zero-order valence-electron chi connectivity index (χ0n) is 11.9. The largest absolute Gasteiger partial charge is 0.493 e. The van der Waals surface area contributed by atoms with Gasteiger partial charge < -0.3 is 15.8 Å². The Hall–Kier alpha value is -2.56. The SMILES string of the molecule is CCOc1cccc(N)c1C(=O)Nc1cc(F)ccc1C. The molecule has 0 bridgehead atoms. The van der Waals surface area contributed by atoms with Gasteiger partial charge in [0.05, 0.1) is 6.61 Å². The first-order chi connectivity index (χ1) is 10.0. The van der Waals surface area contributed by atoms with E-state index in [2.05, 4.69) is 5.32 Å². The van der Waals surface area contributed by atoms with Crippen molar-refractivity contribution in [2.45, 2.75) is 13.8 Å². The topological polar surface area (TPSA) is 64.3 Å². The van der Waals surface area contributed by atoms with E-state index in [-0.39, 0.29) is 5.56 Å². The van der Waals surface area contributed by atoms with Gasteiger partial charge in [-0.3, -0.25) is 4.79 Å². The molecule has 0 saturated carbocycles. The van der Waals surface area contributed by atoms with E-state index in [4.69, 9.17) is 10.5 Å². The van der Waals surface area contributed by atoms with Gasteiger partial charge in [0.15, 0.2) is 0 Å². The lowest BCUT2D eigenvalue weighted by atomic mass is 10.1. The molecule has 0 aliphatic heterocycles. The van der Waals surface area contributed by atoms with Crippen LogP contribution in [-0.4, -0.2) is 12.5 Å². The maximum atomic E-state index is 13.3. The Bertz CT molecular complexity index is 671. The van der Waals surface area contributed by atoms with Crippen molar-refractivity contribution in [3.8, 4) is 5.75 Å². The van der Waals surface area contributed by atoms with Crippen LogP contribution in [0.3, 0.4) is 0 Å². The average Bonchev–Trinajstić information content (AvgIpc) is 2.43. The van der Waals surface area contributed by atoms with Crippen molar-refractivity contribution in [3.63, 3.8) is 0 Å². The number of rotatable bonds is 4. The lowest BCUT2D eigenvalue weighted by molar-refractivity contribution is 0.102. The number of carbonyl (C=O) groups is 1. The Morgan fingerprint density at radius 1 is 1.33 bits per heavy atom. The Kier molecular flexibility index (Phi) is 4.42. The number of nitrogens with two attached hydrogens (primary N) is 1. The molecule has 110 valence electrons. The molecule has 0 aromatic heterocycles. The molecule has 0 aliphatic rings. The molecule has 2 rings (SSSR count). The molecule has 4 nitrogen and oxygen atoms in total. The first-order valence-corrected chi connectivity index (χ1v) is 6.61. The summed E-state index contributed by atoms with van der Waals surface area (Å²) in [6.07, 6.45) is 0. The fourth-order valence-electron chi connectivity index (χ4n) is 1.98. The van der Waals surface area contributed by atoms with Gasteiger partial charge in [0.25, 0.3) is 5.91 Å². The predicted molar refractivity (Wildman–Crippen MR) is 81.1 cm³/mol. The van der Waals surface area contributed by atoms with Crippen molar-refractivity contribution < 1.29 is 13.9 Å². The number of hydrogen-bond acceptors (Lipinski definition) is 3. The number of ether oxygens (including phenoxy) is 1. The van der Waals surface area contributed by atoms with Crippen LogP contribution < -0.4 is 15.8 Å². The van der Waals surface area contributed by atoms with Crippen molar-refractivity contribution in [1.29, 1.82) is 0 Å². The number of carbonyl (C=O) groups excluding carboxylic acids is 1. The molecule has 2 aromatic rings. The normalized spacial score (nSPS) is 10.2. The zero-order chi connectivity index (χ0) is 15.4. The van der Waals surface area contributed by atoms with Crippen LogP contribution in [0.2, 0.25) is 0 Å². The lowest BCUT2D eigenvalue weighted by Crippen LogP contribution is -2.16. The van der Waals surface area contributed by atoms with Gasteiger partial charge in [0, 0.05) is 11.4 Å². The molecule has 0 fully saturated rings. The average molecular weight is 288 g/mol. The summed E-state index contributed by atoms with van der Waals surface area (Å²) < 4.78 is 18.7. The standard InChI is InChI=1S/C16H17FN2O2/c1-3-21-14-6-4-5-12(18)15(14)16(20)19-13-9-11(17)8-7-10(13)2/h4-9H,3,18H2,1-2H3,(H,19,20). The van der Waals surface area contributed by atoms with Crippen molar-refractivity contribution in [2.75, 3.05) is 17.7 Å². The maximum Gasteiger partial charge on any atom is 0.261 e. The number of benzene rings is 2. The van der Waals surface area contributed by atoms with Crippen LogP contribution in [0, 0.1) is 12.7 Å². The van der Waals surface area contributed by atoms with E-state index in [0.29, 0.717) is 23.7 Å². The van der Waals surface area contributed by atoms with Crippen LogP contribution in [0.1, 0.15) is 22.8 Å². The molecular weight excluding hydrogens is 271 g/mol. The fourth-order valence-corrected chi connectivity index (χ4v) is 1.98. The highest BCUT2D eigenvalue weighted by Crippen LogP contribution is 2.26. The number of nitrogen functional groups attached to an aromatic ring is 1. The summed E-state index contributed by atoms with van der Waals surface area (Å²) in [5, 5.41) is 2.67. The molecular formula is C16H17FN2O2. The monoisotopic (exact) mass is 288 g/mol. The number of amides is 1. The fraction of sp³-hybridized carbons (Fsp3) is 0.188. The minimum Gasteiger partial charge on any atom is -0.493 e. The number of halogens is 1. The second kappa shape index (κ2) is 6.26. The minimum atomic E-state index is -0.426. The quantitative estimate of drug-likeness (QED) is 0.848. The summed E-state index contributed by atoms with van der Waals surface area (Å²) >= 11 is 0. The molecule has 0 unspecified atom stereocenters. The van der Waals surface area contributed by atoms with E-state index in [1.807, 2.05) is 6.92 Å². The van der Waals surface area contributed by atoms with Gasteiger partial charge in [-0.1, -0.05) is 12.1 Å². The smallest absolute Gasteiger partial charge is 0.261 e. The third kappa shape index (κ3) is 3.31. The Morgan fingerprint density at radius 2 is 2.10 bits per heavy atom. The molecule has 0 radical (unpaired) electrons. The van der Waals surface area contributed by atoms with Gasteiger partial charge in [-0.05, 0) is 43.7 Å². The minimum absolute atomic E-state index is 0.253. The van der Waals surface area contributed by atoms with Crippen molar-refractivity contribution >= 4 is 17.3 Å². The highest BCUT2D eigenvalue weighted by Gasteiger charge is 2.17. The van der Waals surface area contributed by atoms with Crippen LogP contribution in [0.4, 0.5) is 15.8 Å². The summed E-state index contributed by atoms with van der Waals surface area (Å²) in [4.78, 5) is 12.4. The molecule has 0 saturated heterocycles. The molecule has 21 heavy (non-hydrogen) atoms. The molecule has 5 heteroatoms. The molecule has 2 aromatic carbocycles. The van der Waals surface area contributed by atoms with Gasteiger partial charge in [0.2, 0.25) is 0 Å². The zero-order valence-corrected chi connectivity index (χ0v) is 11.9. The second-order valence-electron chi connectivity index (χ2n) is 4.57. The van der Waals surface area contributed by atoms with Crippen molar-refractivity contribution in [3.05, 3.63) is 53.3 Å². The number of hydrogen-bond donors (Lipinski definition) is 2. The van der Waals surface area contributed by atoms with Crippen molar-refractivity contribution in [1.82, 2.24) is 0 Å². The predicted octanol–water partition coefficient (Wildman–Crippen LogP) is 3.37. The highest BCUT2D eigenvalue weighted by molar-refractivity contribution is 6.10. The summed E-state index contributed by atoms with van der Waals surface area (Å²) in [7, 11) is 0. The molecule has 0 heterocycles. The summed E-state index contributed by atoms with van der Waals surface area (Å²) in [5.74, 6) is -0.434. The van der Waals surface area contributed by atoms with E-state index in [9.17, 15) is 9.18 Å². The Labute approximate surface area is 122 Å². The summed E-state index contributed by atoms with van der Waals surface area (Å²) in [6.45, 7) is 4.02. The summed E-state index contributed by atoms with van der Waals surface area (Å²) in [6, 6.07) is 9.22. The van der Waals surface area contributed by atoms with Crippen molar-refractivity contribution in [2.24, 2.45) is 0 Å². The van der Waals surface area contributed by atoms with Crippen LogP contribution in [-0.2, 0) is 0 Å². The Morgan fingerprint density at radius 3 is 2.81 bits per heavy atom. The molecule has 0 atom stereocenters. The van der Waals surface area contributed by atoms with Gasteiger partial charge in [-0.2, -0.15) is 0 Å².